The van der Waals surface area contributed by atoms with E-state index >= 15 is 0 Å². The minimum absolute atomic E-state index is 0.138. The van der Waals surface area contributed by atoms with Crippen molar-refractivity contribution in [2.75, 3.05) is 18.5 Å². The Morgan fingerprint density at radius 2 is 2.21 bits per heavy atom. The number of benzene rings is 1. The summed E-state index contributed by atoms with van der Waals surface area (Å²) in [6.07, 6.45) is 3.97. The Morgan fingerprint density at radius 1 is 1.38 bits per heavy atom. The molecular formula is C17H24N4O3. The number of carbonyl (C=O) groups is 1. The third-order valence-corrected chi connectivity index (χ3v) is 3.88. The molecule has 24 heavy (non-hydrogen) atoms. The average Bonchev–Trinajstić information content (AvgIpc) is 3.09. The van der Waals surface area contributed by atoms with Gasteiger partial charge in [0.15, 0.2) is 0 Å². The zero-order chi connectivity index (χ0) is 17.4. The van der Waals surface area contributed by atoms with Crippen LogP contribution in [0.15, 0.2) is 29.0 Å². The van der Waals surface area contributed by atoms with Crippen LogP contribution in [0.25, 0.3) is 11.5 Å². The summed E-state index contributed by atoms with van der Waals surface area (Å²) in [5.74, 6) is 0.695. The van der Waals surface area contributed by atoms with E-state index in [9.17, 15) is 4.79 Å². The second kappa shape index (κ2) is 9.02. The highest BCUT2D eigenvalue weighted by Gasteiger charge is 2.12. The van der Waals surface area contributed by atoms with Gasteiger partial charge in [-0.1, -0.05) is 19.4 Å². The number of carbonyl (C=O) groups excluding carboxylic acids is 1. The number of amides is 2. The van der Waals surface area contributed by atoms with Gasteiger partial charge in [0.1, 0.15) is 0 Å². The molecule has 1 aromatic carbocycles. The Morgan fingerprint density at radius 3 is 2.88 bits per heavy atom. The monoisotopic (exact) mass is 332 g/mol. The lowest BCUT2D eigenvalue weighted by molar-refractivity contribution is 0.236. The normalized spacial score (nSPS) is 12.0. The fourth-order valence-corrected chi connectivity index (χ4v) is 2.53. The SMILES string of the molecule is CCCC(CCO)CNC(=O)Nc1cc(-c2nnco2)ccc1C. The summed E-state index contributed by atoms with van der Waals surface area (Å²) in [6, 6.07) is 5.30. The largest absolute Gasteiger partial charge is 0.423 e. The number of aryl methyl sites for hydroxylation is 1. The van der Waals surface area contributed by atoms with Gasteiger partial charge in [0.2, 0.25) is 12.3 Å². The van der Waals surface area contributed by atoms with E-state index in [2.05, 4.69) is 27.8 Å². The molecule has 7 heteroatoms. The van der Waals surface area contributed by atoms with Crippen molar-refractivity contribution in [2.45, 2.75) is 33.1 Å². The molecule has 0 fully saturated rings. The van der Waals surface area contributed by atoms with Crippen molar-refractivity contribution < 1.29 is 14.3 Å². The summed E-state index contributed by atoms with van der Waals surface area (Å²) in [6.45, 7) is 4.69. The summed E-state index contributed by atoms with van der Waals surface area (Å²) in [5.41, 5.74) is 2.38. The summed E-state index contributed by atoms with van der Waals surface area (Å²) < 4.78 is 5.18. The van der Waals surface area contributed by atoms with Crippen LogP contribution in [-0.2, 0) is 0 Å². The van der Waals surface area contributed by atoms with Gasteiger partial charge in [0, 0.05) is 24.4 Å². The Bertz CT molecular complexity index is 637. The van der Waals surface area contributed by atoms with Crippen molar-refractivity contribution >= 4 is 11.7 Å². The lowest BCUT2D eigenvalue weighted by Gasteiger charge is -2.16. The molecule has 0 aliphatic heterocycles. The van der Waals surface area contributed by atoms with Gasteiger partial charge >= 0.3 is 6.03 Å². The van der Waals surface area contributed by atoms with E-state index in [0.29, 0.717) is 24.5 Å². The highest BCUT2D eigenvalue weighted by atomic mass is 16.4. The fraction of sp³-hybridized carbons (Fsp3) is 0.471. The van der Waals surface area contributed by atoms with Gasteiger partial charge in [-0.05, 0) is 43.4 Å². The van der Waals surface area contributed by atoms with Crippen molar-refractivity contribution in [1.82, 2.24) is 15.5 Å². The lowest BCUT2D eigenvalue weighted by atomic mass is 10.0. The van der Waals surface area contributed by atoms with Gasteiger partial charge in [-0.15, -0.1) is 10.2 Å². The summed E-state index contributed by atoms with van der Waals surface area (Å²) in [4.78, 5) is 12.1. The Labute approximate surface area is 141 Å². The highest BCUT2D eigenvalue weighted by molar-refractivity contribution is 5.90. The molecule has 0 bridgehead atoms. The molecule has 0 saturated carbocycles. The molecule has 2 rings (SSSR count). The number of hydrogen-bond donors (Lipinski definition) is 3. The Hall–Kier alpha value is -2.41. The molecule has 0 saturated heterocycles. The first-order valence-corrected chi connectivity index (χ1v) is 8.17. The number of rotatable bonds is 8. The lowest BCUT2D eigenvalue weighted by Crippen LogP contribution is -2.33. The molecular weight excluding hydrogens is 308 g/mol. The number of nitrogens with one attached hydrogen (secondary N) is 2. The molecule has 7 nitrogen and oxygen atoms in total. The molecule has 3 N–H and O–H groups in total. The van der Waals surface area contributed by atoms with Gasteiger partial charge in [-0.3, -0.25) is 0 Å². The molecule has 0 radical (unpaired) electrons. The minimum Gasteiger partial charge on any atom is -0.423 e. The molecule has 0 aliphatic carbocycles. The number of aliphatic hydroxyl groups excluding tert-OH is 1. The van der Waals surface area contributed by atoms with Crippen LogP contribution in [0.3, 0.4) is 0 Å². The number of aromatic nitrogens is 2. The van der Waals surface area contributed by atoms with Crippen LogP contribution < -0.4 is 10.6 Å². The predicted octanol–water partition coefficient (Wildman–Crippen LogP) is 2.97. The van der Waals surface area contributed by atoms with Crippen LogP contribution in [0.1, 0.15) is 31.7 Å². The molecule has 130 valence electrons. The Balaban J connectivity index is 1.97. The van der Waals surface area contributed by atoms with Crippen LogP contribution in [0, 0.1) is 12.8 Å². The van der Waals surface area contributed by atoms with Gasteiger partial charge in [-0.2, -0.15) is 0 Å². The van der Waals surface area contributed by atoms with Crippen LogP contribution in [0.4, 0.5) is 10.5 Å². The number of hydrogen-bond acceptors (Lipinski definition) is 5. The topological polar surface area (TPSA) is 100 Å². The molecule has 2 amide bonds. The van der Waals surface area contributed by atoms with Crippen LogP contribution in [0.2, 0.25) is 0 Å². The maximum Gasteiger partial charge on any atom is 0.319 e. The van der Waals surface area contributed by atoms with E-state index in [4.69, 9.17) is 9.52 Å². The van der Waals surface area contributed by atoms with Crippen molar-refractivity contribution in [3.8, 4) is 11.5 Å². The van der Waals surface area contributed by atoms with Crippen LogP contribution in [0.5, 0.6) is 0 Å². The van der Waals surface area contributed by atoms with Crippen LogP contribution >= 0.6 is 0 Å². The Kier molecular flexibility index (Phi) is 6.74. The predicted molar refractivity (Wildman–Crippen MR) is 91.6 cm³/mol. The van der Waals surface area contributed by atoms with E-state index in [1.165, 1.54) is 6.39 Å². The third-order valence-electron chi connectivity index (χ3n) is 3.88. The van der Waals surface area contributed by atoms with Crippen molar-refractivity contribution in [3.63, 3.8) is 0 Å². The molecule has 1 unspecified atom stereocenters. The number of urea groups is 1. The maximum absolute atomic E-state index is 12.1. The standard InChI is InChI=1S/C17H24N4O3/c1-3-4-13(7-8-22)10-18-17(23)20-15-9-14(6-5-12(15)2)16-21-19-11-24-16/h5-6,9,11,13,22H,3-4,7-8,10H2,1-2H3,(H2,18,20,23). The molecule has 1 atom stereocenters. The second-order valence-corrected chi connectivity index (χ2v) is 5.78. The van der Waals surface area contributed by atoms with Gasteiger partial charge in [-0.25, -0.2) is 4.79 Å². The number of aliphatic hydroxyl groups is 1. The van der Waals surface area contributed by atoms with Crippen molar-refractivity contribution in [2.24, 2.45) is 5.92 Å². The number of nitrogens with zero attached hydrogens (tertiary/aromatic N) is 2. The van der Waals surface area contributed by atoms with E-state index in [-0.39, 0.29) is 18.6 Å². The molecule has 1 aromatic heterocycles. The van der Waals surface area contributed by atoms with Crippen molar-refractivity contribution in [3.05, 3.63) is 30.2 Å². The van der Waals surface area contributed by atoms with Gasteiger partial charge in [0.05, 0.1) is 0 Å². The van der Waals surface area contributed by atoms with E-state index in [1.54, 1.807) is 6.07 Å². The summed E-state index contributed by atoms with van der Waals surface area (Å²) in [5, 5.41) is 22.3. The maximum atomic E-state index is 12.1. The average molecular weight is 332 g/mol. The highest BCUT2D eigenvalue weighted by Crippen LogP contribution is 2.23. The first kappa shape index (κ1) is 17.9. The smallest absolute Gasteiger partial charge is 0.319 e. The molecule has 1 heterocycles. The molecule has 0 spiro atoms. The summed E-state index contributed by atoms with van der Waals surface area (Å²) >= 11 is 0. The first-order valence-electron chi connectivity index (χ1n) is 8.17. The second-order valence-electron chi connectivity index (χ2n) is 5.78. The molecule has 2 aromatic rings. The zero-order valence-corrected chi connectivity index (χ0v) is 14.1. The third kappa shape index (κ3) is 5.06. The molecule has 0 aliphatic rings. The number of anilines is 1. The van der Waals surface area contributed by atoms with Crippen LogP contribution in [-0.4, -0.2) is 34.5 Å². The zero-order valence-electron chi connectivity index (χ0n) is 14.1. The van der Waals surface area contributed by atoms with E-state index in [0.717, 1.165) is 24.0 Å². The minimum atomic E-state index is -0.264. The van der Waals surface area contributed by atoms with Gasteiger partial charge < -0.3 is 20.2 Å². The fourth-order valence-electron chi connectivity index (χ4n) is 2.53. The quantitative estimate of drug-likeness (QED) is 0.690. The van der Waals surface area contributed by atoms with E-state index < -0.39 is 0 Å². The van der Waals surface area contributed by atoms with E-state index in [1.807, 2.05) is 19.1 Å². The van der Waals surface area contributed by atoms with Gasteiger partial charge in [0.25, 0.3) is 0 Å². The summed E-state index contributed by atoms with van der Waals surface area (Å²) in [7, 11) is 0. The first-order chi connectivity index (χ1) is 11.6. The van der Waals surface area contributed by atoms with Crippen molar-refractivity contribution in [1.29, 1.82) is 0 Å².